The largest absolute Gasteiger partial charge is 0.401 e. The number of hydrogen-bond donors (Lipinski definition) is 2. The van der Waals surface area contributed by atoms with E-state index < -0.39 is 42.2 Å². The van der Waals surface area contributed by atoms with E-state index in [1.165, 1.54) is 15.8 Å². The quantitative estimate of drug-likeness (QED) is 0.543. The molecular weight excluding hydrogens is 396 g/mol. The van der Waals surface area contributed by atoms with E-state index in [-0.39, 0.29) is 50.3 Å². The highest BCUT2D eigenvalue weighted by atomic mass is 19.4. The Morgan fingerprint density at radius 2 is 2.00 bits per heavy atom. The minimum atomic E-state index is -4.32. The lowest BCUT2D eigenvalue weighted by Gasteiger charge is -2.38. The second kappa shape index (κ2) is 7.62. The summed E-state index contributed by atoms with van der Waals surface area (Å²) in [6.07, 6.45) is -3.76. The molecule has 12 heteroatoms. The maximum Gasteiger partial charge on any atom is 0.401 e. The number of anilines is 1. The average molecular weight is 416 g/mol. The van der Waals surface area contributed by atoms with Crippen LogP contribution in [0.25, 0.3) is 4.85 Å². The van der Waals surface area contributed by atoms with Gasteiger partial charge in [0.15, 0.2) is 5.82 Å². The van der Waals surface area contributed by atoms with Gasteiger partial charge in [0.2, 0.25) is 12.5 Å². The van der Waals surface area contributed by atoms with Gasteiger partial charge in [-0.1, -0.05) is 0 Å². The molecule has 3 rings (SSSR count). The molecular formula is C17H20F4N6O2. The number of amides is 2. The van der Waals surface area contributed by atoms with E-state index in [2.05, 4.69) is 15.3 Å². The van der Waals surface area contributed by atoms with Gasteiger partial charge in [-0.3, -0.25) is 19.2 Å². The molecule has 29 heavy (non-hydrogen) atoms. The first-order chi connectivity index (χ1) is 13.5. The Morgan fingerprint density at radius 1 is 1.38 bits per heavy atom. The van der Waals surface area contributed by atoms with Crippen molar-refractivity contribution >= 4 is 17.6 Å². The van der Waals surface area contributed by atoms with Crippen LogP contribution in [0.4, 0.5) is 23.4 Å². The number of primary amides is 1. The number of hydrogen-bond acceptors (Lipinski definition) is 4. The third-order valence-electron chi connectivity index (χ3n) is 5.32. The summed E-state index contributed by atoms with van der Waals surface area (Å²) in [5, 5.41) is 6.59. The van der Waals surface area contributed by atoms with Crippen LogP contribution in [0, 0.1) is 12.5 Å². The second-order valence-electron chi connectivity index (χ2n) is 7.48. The summed E-state index contributed by atoms with van der Waals surface area (Å²) in [4.78, 5) is 28.4. The highest BCUT2D eigenvalue weighted by Crippen LogP contribution is 2.36. The van der Waals surface area contributed by atoms with E-state index in [1.54, 1.807) is 0 Å². The topological polar surface area (TPSA) is 97.6 Å². The normalized spacial score (nSPS) is 24.0. The Kier molecular flexibility index (Phi) is 5.53. The number of piperidine rings is 1. The fourth-order valence-corrected chi connectivity index (χ4v) is 3.52. The molecule has 1 aromatic heterocycles. The first-order valence-corrected chi connectivity index (χ1v) is 9.02. The van der Waals surface area contributed by atoms with Crippen molar-refractivity contribution in [2.45, 2.75) is 37.1 Å². The molecule has 8 nitrogen and oxygen atoms in total. The molecule has 2 heterocycles. The van der Waals surface area contributed by atoms with Crippen LogP contribution in [0.3, 0.4) is 0 Å². The van der Waals surface area contributed by atoms with E-state index in [0.717, 1.165) is 0 Å². The second-order valence-corrected chi connectivity index (χ2v) is 7.48. The molecule has 1 saturated heterocycles. The van der Waals surface area contributed by atoms with Gasteiger partial charge in [-0.25, -0.2) is 11.0 Å². The molecule has 2 fully saturated rings. The number of nitrogens with two attached hydrogens (primary N) is 1. The van der Waals surface area contributed by atoms with Crippen LogP contribution in [0.15, 0.2) is 6.20 Å². The van der Waals surface area contributed by atoms with Crippen LogP contribution in [0.5, 0.6) is 0 Å². The van der Waals surface area contributed by atoms with E-state index in [4.69, 9.17) is 12.3 Å². The van der Waals surface area contributed by atoms with Crippen LogP contribution in [0.1, 0.15) is 29.6 Å². The number of likely N-dealkylation sites (tertiary alicyclic amines) is 1. The summed E-state index contributed by atoms with van der Waals surface area (Å²) in [6, 6.07) is 0. The number of aromatic nitrogens is 2. The van der Waals surface area contributed by atoms with Crippen molar-refractivity contribution in [3.63, 3.8) is 0 Å². The van der Waals surface area contributed by atoms with E-state index >= 15 is 0 Å². The summed E-state index contributed by atoms with van der Waals surface area (Å²) in [6.45, 7) is 6.32. The third-order valence-corrected chi connectivity index (χ3v) is 5.32. The predicted molar refractivity (Wildman–Crippen MR) is 93.5 cm³/mol. The zero-order chi connectivity index (χ0) is 21.4. The van der Waals surface area contributed by atoms with Crippen molar-refractivity contribution in [1.29, 1.82) is 0 Å². The maximum atomic E-state index is 13.1. The predicted octanol–water partition coefficient (Wildman–Crippen LogP) is 1.55. The zero-order valence-electron chi connectivity index (χ0n) is 15.4. The molecule has 2 aliphatic rings. The van der Waals surface area contributed by atoms with Gasteiger partial charge in [0.05, 0.1) is 12.5 Å². The maximum absolute atomic E-state index is 13.1. The minimum Gasteiger partial charge on any atom is -0.365 e. The van der Waals surface area contributed by atoms with E-state index in [1.807, 2.05) is 0 Å². The van der Waals surface area contributed by atoms with Gasteiger partial charge in [0, 0.05) is 19.3 Å². The summed E-state index contributed by atoms with van der Waals surface area (Å²) < 4.78 is 52.4. The molecule has 0 bridgehead atoms. The van der Waals surface area contributed by atoms with Gasteiger partial charge in [-0.15, -0.1) is 0 Å². The molecule has 1 saturated carbocycles. The molecule has 0 spiro atoms. The first-order valence-electron chi connectivity index (χ1n) is 9.02. The fourth-order valence-electron chi connectivity index (χ4n) is 3.52. The van der Waals surface area contributed by atoms with Crippen LogP contribution in [-0.4, -0.2) is 65.0 Å². The highest BCUT2D eigenvalue weighted by molar-refractivity contribution is 6.03. The van der Waals surface area contributed by atoms with E-state index in [9.17, 15) is 27.2 Å². The van der Waals surface area contributed by atoms with Gasteiger partial charge < -0.3 is 15.9 Å². The van der Waals surface area contributed by atoms with Gasteiger partial charge in [-0.2, -0.15) is 18.3 Å². The number of nitrogens with one attached hydrogen (secondary N) is 1. The molecule has 0 unspecified atom stereocenters. The summed E-state index contributed by atoms with van der Waals surface area (Å²) in [5.74, 6) is -2.43. The van der Waals surface area contributed by atoms with Crippen molar-refractivity contribution in [3.8, 4) is 0 Å². The Hall–Kier alpha value is -2.68. The van der Waals surface area contributed by atoms with Crippen LogP contribution >= 0.6 is 0 Å². The number of alkyl halides is 4. The third kappa shape index (κ3) is 4.67. The van der Waals surface area contributed by atoms with E-state index in [0.29, 0.717) is 0 Å². The van der Waals surface area contributed by atoms with Crippen LogP contribution in [-0.2, 0) is 10.3 Å². The van der Waals surface area contributed by atoms with Gasteiger partial charge in [0.1, 0.15) is 17.3 Å². The lowest BCUT2D eigenvalue weighted by atomic mass is 9.87. The molecule has 1 aromatic rings. The molecule has 1 aliphatic heterocycles. The lowest BCUT2D eigenvalue weighted by molar-refractivity contribution is -0.150. The zero-order valence-corrected chi connectivity index (χ0v) is 15.4. The lowest BCUT2D eigenvalue weighted by Crippen LogP contribution is -2.50. The van der Waals surface area contributed by atoms with Crippen molar-refractivity contribution < 1.29 is 27.2 Å². The van der Waals surface area contributed by atoms with Gasteiger partial charge in [0.25, 0.3) is 5.91 Å². The van der Waals surface area contributed by atoms with Crippen molar-refractivity contribution in [3.05, 3.63) is 23.2 Å². The standard InChI is InChI=1S/C17H20F4N6O2/c1-23-8-16(2-4-26(5-3-16)9-17(19,20)21)27-7-11(13(22)28)14(25-27)24-15(29)10-6-12(10)18/h7,10,12H,2-6,8-9H2,(H2,22,28)(H,24,25,29)/t10-,12+/m0/s1. The van der Waals surface area contributed by atoms with Crippen molar-refractivity contribution in [2.24, 2.45) is 11.7 Å². The average Bonchev–Trinajstić information content (AvgIpc) is 3.19. The Balaban J connectivity index is 1.82. The molecule has 2 amide bonds. The number of carbonyl (C=O) groups is 2. The highest BCUT2D eigenvalue weighted by Gasteiger charge is 2.45. The number of nitrogens with zero attached hydrogens (tertiary/aromatic N) is 4. The fraction of sp³-hybridized carbons (Fsp3) is 0.647. The first kappa shape index (κ1) is 21.0. The molecule has 0 aromatic carbocycles. The summed E-state index contributed by atoms with van der Waals surface area (Å²) >= 11 is 0. The molecule has 1 aliphatic carbocycles. The Bertz CT molecular complexity index is 838. The molecule has 0 radical (unpaired) electrons. The summed E-state index contributed by atoms with van der Waals surface area (Å²) in [7, 11) is 0. The molecule has 3 N–H and O–H groups in total. The molecule has 2 atom stereocenters. The van der Waals surface area contributed by atoms with Gasteiger partial charge in [-0.05, 0) is 19.3 Å². The van der Waals surface area contributed by atoms with Crippen molar-refractivity contribution in [1.82, 2.24) is 14.7 Å². The van der Waals surface area contributed by atoms with Crippen molar-refractivity contribution in [2.75, 3.05) is 31.5 Å². The number of carbonyl (C=O) groups excluding carboxylic acids is 2. The Morgan fingerprint density at radius 3 is 2.48 bits per heavy atom. The number of rotatable bonds is 6. The Labute approximate surface area is 163 Å². The van der Waals surface area contributed by atoms with Crippen LogP contribution < -0.4 is 11.1 Å². The number of halogens is 4. The monoisotopic (exact) mass is 416 g/mol. The molecule has 158 valence electrons. The smallest absolute Gasteiger partial charge is 0.365 e. The summed E-state index contributed by atoms with van der Waals surface area (Å²) in [5.41, 5.74) is 4.32. The minimum absolute atomic E-state index is 0.0602. The SMILES string of the molecule is [C-]#[N+]CC1(n2cc(C(N)=O)c(NC(=O)[C@H]3C[C@H]3F)n2)CCN(CC(F)(F)F)CC1. The van der Waals surface area contributed by atoms with Crippen LogP contribution in [0.2, 0.25) is 0 Å². The van der Waals surface area contributed by atoms with Gasteiger partial charge >= 0.3 is 6.18 Å².